The van der Waals surface area contributed by atoms with Crippen LogP contribution >= 0.6 is 0 Å². The summed E-state index contributed by atoms with van der Waals surface area (Å²) >= 11 is 0. The minimum absolute atomic E-state index is 0.0884. The molecule has 0 fully saturated rings. The first-order valence-electron chi connectivity index (χ1n) is 8.60. The summed E-state index contributed by atoms with van der Waals surface area (Å²) in [7, 11) is 1.92. The van der Waals surface area contributed by atoms with E-state index in [2.05, 4.69) is 41.4 Å². The Kier molecular flexibility index (Phi) is 3.85. The summed E-state index contributed by atoms with van der Waals surface area (Å²) in [6.45, 7) is 0.677. The van der Waals surface area contributed by atoms with Crippen molar-refractivity contribution >= 4 is 16.8 Å². The fourth-order valence-electron chi connectivity index (χ4n) is 3.83. The SMILES string of the molecule is CN(Cc1ccccc1)C(=O)C1CCc2[nH]c3ccccc3c2C1. The third-order valence-electron chi connectivity index (χ3n) is 5.08. The van der Waals surface area contributed by atoms with E-state index in [1.54, 1.807) is 0 Å². The Morgan fingerprint density at radius 3 is 2.71 bits per heavy atom. The molecule has 1 unspecified atom stereocenters. The lowest BCUT2D eigenvalue weighted by Crippen LogP contribution is -2.35. The van der Waals surface area contributed by atoms with Crippen molar-refractivity contribution in [2.24, 2.45) is 5.92 Å². The largest absolute Gasteiger partial charge is 0.358 e. The number of para-hydroxylation sites is 1. The van der Waals surface area contributed by atoms with Crippen LogP contribution in [0.15, 0.2) is 54.6 Å². The third-order valence-corrected chi connectivity index (χ3v) is 5.08. The Hall–Kier alpha value is -2.55. The molecule has 0 bridgehead atoms. The van der Waals surface area contributed by atoms with Crippen molar-refractivity contribution < 1.29 is 4.79 Å². The molecule has 4 rings (SSSR count). The summed E-state index contributed by atoms with van der Waals surface area (Å²) in [5.74, 6) is 0.347. The van der Waals surface area contributed by atoms with Gasteiger partial charge in [0.1, 0.15) is 0 Å². The number of hydrogen-bond acceptors (Lipinski definition) is 1. The molecule has 1 aromatic heterocycles. The number of carbonyl (C=O) groups is 1. The molecule has 2 aromatic carbocycles. The third kappa shape index (κ3) is 2.71. The number of nitrogens with one attached hydrogen (secondary N) is 1. The number of fused-ring (bicyclic) bond motifs is 3. The number of nitrogens with zero attached hydrogens (tertiary/aromatic N) is 1. The van der Waals surface area contributed by atoms with Gasteiger partial charge in [-0.2, -0.15) is 0 Å². The van der Waals surface area contributed by atoms with E-state index in [0.717, 1.165) is 19.3 Å². The summed E-state index contributed by atoms with van der Waals surface area (Å²) < 4.78 is 0. The lowest BCUT2D eigenvalue weighted by Gasteiger charge is -2.27. The maximum absolute atomic E-state index is 12.9. The Morgan fingerprint density at radius 2 is 1.88 bits per heavy atom. The van der Waals surface area contributed by atoms with Crippen molar-refractivity contribution in [1.29, 1.82) is 0 Å². The smallest absolute Gasteiger partial charge is 0.226 e. The average Bonchev–Trinajstić information content (AvgIpc) is 2.99. The van der Waals surface area contributed by atoms with Crippen LogP contribution in [0.4, 0.5) is 0 Å². The molecule has 24 heavy (non-hydrogen) atoms. The number of aryl methyl sites for hydroxylation is 1. The van der Waals surface area contributed by atoms with Crippen LogP contribution in [0.5, 0.6) is 0 Å². The van der Waals surface area contributed by atoms with Gasteiger partial charge in [-0.1, -0.05) is 48.5 Å². The van der Waals surface area contributed by atoms with Crippen molar-refractivity contribution in [3.8, 4) is 0 Å². The lowest BCUT2D eigenvalue weighted by atomic mass is 9.85. The van der Waals surface area contributed by atoms with Crippen LogP contribution in [-0.4, -0.2) is 22.8 Å². The fraction of sp³-hybridized carbons (Fsp3) is 0.286. The topological polar surface area (TPSA) is 36.1 Å². The highest BCUT2D eigenvalue weighted by molar-refractivity contribution is 5.87. The molecule has 1 atom stereocenters. The maximum atomic E-state index is 12.9. The van der Waals surface area contributed by atoms with E-state index >= 15 is 0 Å². The van der Waals surface area contributed by atoms with Crippen molar-refractivity contribution in [1.82, 2.24) is 9.88 Å². The lowest BCUT2D eigenvalue weighted by molar-refractivity contribution is -0.135. The van der Waals surface area contributed by atoms with Crippen LogP contribution in [0.1, 0.15) is 23.2 Å². The molecule has 3 nitrogen and oxygen atoms in total. The first-order chi connectivity index (χ1) is 11.7. The van der Waals surface area contributed by atoms with Crippen molar-refractivity contribution in [3.05, 3.63) is 71.4 Å². The van der Waals surface area contributed by atoms with E-state index in [1.165, 1.54) is 27.7 Å². The normalized spacial score (nSPS) is 16.8. The minimum Gasteiger partial charge on any atom is -0.358 e. The summed E-state index contributed by atoms with van der Waals surface area (Å²) in [5, 5.41) is 1.27. The summed E-state index contributed by atoms with van der Waals surface area (Å²) in [5.41, 5.74) is 5.01. The fourth-order valence-corrected chi connectivity index (χ4v) is 3.83. The Morgan fingerprint density at radius 1 is 1.12 bits per heavy atom. The van der Waals surface area contributed by atoms with Crippen molar-refractivity contribution in [2.45, 2.75) is 25.8 Å². The second-order valence-electron chi connectivity index (χ2n) is 6.75. The van der Waals surface area contributed by atoms with Gasteiger partial charge in [-0.3, -0.25) is 4.79 Å². The summed E-state index contributed by atoms with van der Waals surface area (Å²) in [6.07, 6.45) is 2.73. The van der Waals surface area contributed by atoms with Crippen LogP contribution in [0.3, 0.4) is 0 Å². The van der Waals surface area contributed by atoms with E-state index in [-0.39, 0.29) is 11.8 Å². The van der Waals surface area contributed by atoms with Gasteiger partial charge in [-0.05, 0) is 36.5 Å². The summed E-state index contributed by atoms with van der Waals surface area (Å²) in [6, 6.07) is 18.6. The van der Waals surface area contributed by atoms with Crippen molar-refractivity contribution in [2.75, 3.05) is 7.05 Å². The molecule has 3 aromatic rings. The van der Waals surface area contributed by atoms with Gasteiger partial charge in [0.15, 0.2) is 0 Å². The average molecular weight is 318 g/mol. The maximum Gasteiger partial charge on any atom is 0.226 e. The molecule has 1 amide bonds. The van der Waals surface area contributed by atoms with Gasteiger partial charge in [0.05, 0.1) is 0 Å². The Bertz CT molecular complexity index is 866. The molecule has 1 aliphatic rings. The molecule has 1 aliphatic carbocycles. The number of carbonyl (C=O) groups excluding carboxylic acids is 1. The zero-order chi connectivity index (χ0) is 16.5. The molecule has 0 radical (unpaired) electrons. The standard InChI is InChI=1S/C21H22N2O/c1-23(14-15-7-3-2-4-8-15)21(24)16-11-12-20-18(13-16)17-9-5-6-10-19(17)22-20/h2-10,16,22H,11-14H2,1H3. The van der Waals surface area contributed by atoms with Gasteiger partial charge in [-0.25, -0.2) is 0 Å². The second kappa shape index (κ2) is 6.16. The molecule has 0 saturated heterocycles. The quantitative estimate of drug-likeness (QED) is 0.780. The van der Waals surface area contributed by atoms with Gasteiger partial charge in [-0.15, -0.1) is 0 Å². The number of benzene rings is 2. The molecule has 122 valence electrons. The monoisotopic (exact) mass is 318 g/mol. The predicted molar refractivity (Wildman–Crippen MR) is 96.7 cm³/mol. The number of aromatic nitrogens is 1. The zero-order valence-corrected chi connectivity index (χ0v) is 14.0. The highest BCUT2D eigenvalue weighted by Crippen LogP contribution is 2.32. The predicted octanol–water partition coefficient (Wildman–Crippen LogP) is 3.93. The number of H-pyrrole nitrogens is 1. The molecule has 0 aliphatic heterocycles. The number of rotatable bonds is 3. The van der Waals surface area contributed by atoms with Gasteiger partial charge in [0, 0.05) is 36.1 Å². The van der Waals surface area contributed by atoms with E-state index in [0.29, 0.717) is 6.54 Å². The molecule has 1 N–H and O–H groups in total. The van der Waals surface area contributed by atoms with Gasteiger partial charge in [0.2, 0.25) is 5.91 Å². The molecular weight excluding hydrogens is 296 g/mol. The number of aromatic amines is 1. The van der Waals surface area contributed by atoms with Gasteiger partial charge in [0.25, 0.3) is 0 Å². The molecule has 0 saturated carbocycles. The van der Waals surface area contributed by atoms with Crippen LogP contribution in [0, 0.1) is 5.92 Å². The highest BCUT2D eigenvalue weighted by atomic mass is 16.2. The van der Waals surface area contributed by atoms with Crippen LogP contribution < -0.4 is 0 Å². The van der Waals surface area contributed by atoms with E-state index in [1.807, 2.05) is 30.1 Å². The van der Waals surface area contributed by atoms with Crippen LogP contribution in [0.2, 0.25) is 0 Å². The number of hydrogen-bond donors (Lipinski definition) is 1. The molecule has 1 heterocycles. The first-order valence-corrected chi connectivity index (χ1v) is 8.60. The number of amides is 1. The second-order valence-corrected chi connectivity index (χ2v) is 6.75. The van der Waals surface area contributed by atoms with E-state index < -0.39 is 0 Å². The summed E-state index contributed by atoms with van der Waals surface area (Å²) in [4.78, 5) is 18.3. The first kappa shape index (κ1) is 15.0. The van der Waals surface area contributed by atoms with Crippen LogP contribution in [0.25, 0.3) is 10.9 Å². The minimum atomic E-state index is 0.0884. The van der Waals surface area contributed by atoms with E-state index in [4.69, 9.17) is 0 Å². The van der Waals surface area contributed by atoms with Gasteiger partial charge < -0.3 is 9.88 Å². The Balaban J connectivity index is 1.52. The Labute approximate surface area is 142 Å². The van der Waals surface area contributed by atoms with Crippen molar-refractivity contribution in [3.63, 3.8) is 0 Å². The highest BCUT2D eigenvalue weighted by Gasteiger charge is 2.29. The molecule has 0 spiro atoms. The molecule has 3 heteroatoms. The molecular formula is C21H22N2O. The zero-order valence-electron chi connectivity index (χ0n) is 14.0. The van der Waals surface area contributed by atoms with Gasteiger partial charge >= 0.3 is 0 Å². The van der Waals surface area contributed by atoms with Crippen LogP contribution in [-0.2, 0) is 24.2 Å². The van der Waals surface area contributed by atoms with E-state index in [9.17, 15) is 4.79 Å².